The van der Waals surface area contributed by atoms with Crippen LogP contribution in [0.25, 0.3) is 0 Å². The molecule has 0 aromatic heterocycles. The number of allylic oxidation sites excluding steroid dienone is 5. The summed E-state index contributed by atoms with van der Waals surface area (Å²) in [6.07, 6.45) is 58.3. The van der Waals surface area contributed by atoms with Gasteiger partial charge >= 0.3 is 5.97 Å². The van der Waals surface area contributed by atoms with Crippen molar-refractivity contribution in [3.05, 3.63) is 36.5 Å². The normalized spacial score (nSPS) is 14.0. The number of rotatable bonds is 53. The summed E-state index contributed by atoms with van der Waals surface area (Å²) < 4.78 is 30.2. The summed E-state index contributed by atoms with van der Waals surface area (Å²) in [5.41, 5.74) is 0. The maximum Gasteiger partial charge on any atom is 0.306 e. The predicted molar refractivity (Wildman–Crippen MR) is 293 cm³/mol. The lowest BCUT2D eigenvalue weighted by Crippen LogP contribution is -2.47. The third-order valence-corrected chi connectivity index (χ3v) is 14.0. The van der Waals surface area contributed by atoms with Crippen molar-refractivity contribution in [2.24, 2.45) is 0 Å². The molecule has 0 aliphatic heterocycles. The molecule has 0 spiro atoms. The molecule has 3 unspecified atom stereocenters. The summed E-state index contributed by atoms with van der Waals surface area (Å²) in [6.45, 7) is 6.80. The summed E-state index contributed by atoms with van der Waals surface area (Å²) in [4.78, 5) is 39.8. The van der Waals surface area contributed by atoms with Gasteiger partial charge in [-0.05, 0) is 76.7 Å². The average molecular weight is 994 g/mol. The molecule has 9 nitrogen and oxygen atoms in total. The van der Waals surface area contributed by atoms with E-state index in [1.165, 1.54) is 161 Å². The Balaban J connectivity index is 5.17. The molecular weight excluding hydrogens is 880 g/mol. The minimum Gasteiger partial charge on any atom is -0.756 e. The van der Waals surface area contributed by atoms with Crippen LogP contribution in [-0.4, -0.2) is 69.4 Å². The van der Waals surface area contributed by atoms with E-state index >= 15 is 0 Å². The highest BCUT2D eigenvalue weighted by atomic mass is 31.2. The molecule has 1 amide bonds. The number of phosphoric ester groups is 1. The molecule has 3 atom stereocenters. The SMILES string of the molecule is CCCC/C=C\CCCCCCCC(=O)NC(COP(=O)([O-])OCC[N+](C)(C)C)C(/C=C\CCCCCCCCCCC)OC(=O)CCCCCCCCCCCCC/C=C/CCCCCCCC. The Morgan fingerprint density at radius 3 is 1.28 bits per heavy atom. The maximum absolute atomic E-state index is 13.4. The van der Waals surface area contributed by atoms with Crippen molar-refractivity contribution in [3.63, 3.8) is 0 Å². The number of amides is 1. The number of esters is 1. The maximum atomic E-state index is 13.4. The number of hydrogen-bond acceptors (Lipinski definition) is 7. The van der Waals surface area contributed by atoms with Gasteiger partial charge in [0.25, 0.3) is 7.82 Å². The summed E-state index contributed by atoms with van der Waals surface area (Å²) in [5.74, 6) is -0.547. The van der Waals surface area contributed by atoms with Crippen LogP contribution in [0.2, 0.25) is 0 Å². The first-order valence-electron chi connectivity index (χ1n) is 29.3. The Bertz CT molecular complexity index is 1280. The van der Waals surface area contributed by atoms with Crippen LogP contribution in [-0.2, 0) is 27.9 Å². The molecule has 0 aromatic carbocycles. The molecule has 0 fully saturated rings. The molecular formula is C59H113N2O7P. The van der Waals surface area contributed by atoms with E-state index in [4.69, 9.17) is 13.8 Å². The molecule has 1 N–H and O–H groups in total. The third kappa shape index (κ3) is 51.0. The van der Waals surface area contributed by atoms with Crippen molar-refractivity contribution in [1.82, 2.24) is 5.32 Å². The molecule has 0 heterocycles. The lowest BCUT2D eigenvalue weighted by molar-refractivity contribution is -0.870. The summed E-state index contributed by atoms with van der Waals surface area (Å²) in [6, 6.07) is -0.888. The molecule has 0 aliphatic rings. The standard InChI is InChI=1S/C59H113N2O7P/c1-7-10-13-16-19-22-25-26-27-28-29-30-31-32-33-34-37-40-43-46-49-52-59(63)68-57(50-47-44-41-38-35-23-20-17-14-11-8-2)56(55-67-69(64,65)66-54-53-61(4,5)6)60-58(62)51-48-45-42-39-36-24-21-18-15-12-9-3/h18,21,26-27,47,50,56-57H,7-17,19-20,22-25,28-46,48-49,51-55H2,1-6H3,(H-,60,62,64,65)/b21-18-,27-26+,50-47-. The smallest absolute Gasteiger partial charge is 0.306 e. The van der Waals surface area contributed by atoms with E-state index < -0.39 is 20.0 Å². The number of hydrogen-bond donors (Lipinski definition) is 1. The zero-order valence-corrected chi connectivity index (χ0v) is 47.2. The second-order valence-corrected chi connectivity index (χ2v) is 22.6. The van der Waals surface area contributed by atoms with Crippen molar-refractivity contribution in [3.8, 4) is 0 Å². The minimum absolute atomic E-state index is 0.0226. The number of nitrogens with one attached hydrogen (secondary N) is 1. The van der Waals surface area contributed by atoms with Gasteiger partial charge in [-0.3, -0.25) is 14.2 Å². The van der Waals surface area contributed by atoms with Crippen LogP contribution >= 0.6 is 7.82 Å². The van der Waals surface area contributed by atoms with Crippen molar-refractivity contribution < 1.29 is 37.3 Å². The molecule has 0 saturated carbocycles. The summed E-state index contributed by atoms with van der Waals surface area (Å²) in [7, 11) is 1.18. The molecule has 0 aliphatic carbocycles. The molecule has 69 heavy (non-hydrogen) atoms. The second kappa shape index (κ2) is 49.8. The number of carbonyl (C=O) groups excluding carboxylic acids is 2. The average Bonchev–Trinajstić information content (AvgIpc) is 3.31. The van der Waals surface area contributed by atoms with E-state index in [2.05, 4.69) is 50.4 Å². The monoisotopic (exact) mass is 993 g/mol. The fourth-order valence-corrected chi connectivity index (χ4v) is 9.16. The number of unbranched alkanes of at least 4 members (excludes halogenated alkanes) is 33. The zero-order valence-electron chi connectivity index (χ0n) is 46.3. The molecule has 0 aromatic rings. The second-order valence-electron chi connectivity index (χ2n) is 21.1. The first kappa shape index (κ1) is 67.2. The van der Waals surface area contributed by atoms with E-state index in [-0.39, 0.29) is 31.5 Å². The molecule has 0 radical (unpaired) electrons. The van der Waals surface area contributed by atoms with Crippen LogP contribution in [0.15, 0.2) is 36.5 Å². The van der Waals surface area contributed by atoms with E-state index in [0.717, 1.165) is 83.5 Å². The summed E-state index contributed by atoms with van der Waals surface area (Å²) >= 11 is 0. The number of nitrogens with zero attached hydrogens (tertiary/aromatic N) is 1. The van der Waals surface area contributed by atoms with Gasteiger partial charge in [-0.25, -0.2) is 0 Å². The summed E-state index contributed by atoms with van der Waals surface area (Å²) in [5, 5.41) is 3.01. The molecule has 0 rings (SSSR count). The van der Waals surface area contributed by atoms with Crippen LogP contribution < -0.4 is 10.2 Å². The van der Waals surface area contributed by atoms with E-state index in [0.29, 0.717) is 17.4 Å². The van der Waals surface area contributed by atoms with Gasteiger partial charge in [-0.2, -0.15) is 0 Å². The van der Waals surface area contributed by atoms with Gasteiger partial charge in [0.1, 0.15) is 19.3 Å². The lowest BCUT2D eigenvalue weighted by Gasteiger charge is -2.30. The van der Waals surface area contributed by atoms with Crippen molar-refractivity contribution in [2.75, 3.05) is 40.9 Å². The highest BCUT2D eigenvalue weighted by Crippen LogP contribution is 2.38. The van der Waals surface area contributed by atoms with E-state index in [1.54, 1.807) is 0 Å². The minimum atomic E-state index is -4.69. The van der Waals surface area contributed by atoms with E-state index in [9.17, 15) is 19.0 Å². The number of carbonyl (C=O) groups is 2. The fourth-order valence-electron chi connectivity index (χ4n) is 8.44. The predicted octanol–water partition coefficient (Wildman–Crippen LogP) is 16.9. The van der Waals surface area contributed by atoms with Crippen molar-refractivity contribution in [1.29, 1.82) is 0 Å². The van der Waals surface area contributed by atoms with Gasteiger partial charge in [0.2, 0.25) is 5.91 Å². The van der Waals surface area contributed by atoms with E-state index in [1.807, 2.05) is 33.3 Å². The largest absolute Gasteiger partial charge is 0.756 e. The fraction of sp³-hybridized carbons (Fsp3) is 0.864. The van der Waals surface area contributed by atoms with Crippen LogP contribution in [0.4, 0.5) is 0 Å². The number of likely N-dealkylation sites (N-methyl/N-ethyl adjacent to an activating group) is 1. The number of quaternary nitrogens is 1. The van der Waals surface area contributed by atoms with Gasteiger partial charge in [0.15, 0.2) is 0 Å². The molecule has 406 valence electrons. The molecule has 10 heteroatoms. The Hall–Kier alpha value is -1.77. The van der Waals surface area contributed by atoms with Gasteiger partial charge in [0, 0.05) is 12.8 Å². The number of phosphoric acid groups is 1. The number of ether oxygens (including phenoxy) is 1. The Morgan fingerprint density at radius 1 is 0.493 bits per heavy atom. The molecule has 0 saturated heterocycles. The van der Waals surface area contributed by atoms with Crippen molar-refractivity contribution in [2.45, 2.75) is 290 Å². The Labute approximate surface area is 427 Å². The lowest BCUT2D eigenvalue weighted by atomic mass is 10.0. The van der Waals surface area contributed by atoms with Crippen LogP contribution in [0.1, 0.15) is 278 Å². The first-order valence-corrected chi connectivity index (χ1v) is 30.8. The van der Waals surface area contributed by atoms with Crippen LogP contribution in [0.5, 0.6) is 0 Å². The zero-order chi connectivity index (χ0) is 50.8. The highest BCUT2D eigenvalue weighted by Gasteiger charge is 2.27. The molecule has 0 bridgehead atoms. The van der Waals surface area contributed by atoms with Gasteiger partial charge < -0.3 is 28.5 Å². The Kier molecular flexibility index (Phi) is 48.5. The van der Waals surface area contributed by atoms with Gasteiger partial charge in [0.05, 0.1) is 33.8 Å². The first-order chi connectivity index (χ1) is 33.4. The third-order valence-electron chi connectivity index (χ3n) is 13.0. The highest BCUT2D eigenvalue weighted by molar-refractivity contribution is 7.45. The Morgan fingerprint density at radius 2 is 0.855 bits per heavy atom. The van der Waals surface area contributed by atoms with Crippen LogP contribution in [0.3, 0.4) is 0 Å². The van der Waals surface area contributed by atoms with Gasteiger partial charge in [-0.1, -0.05) is 225 Å². The van der Waals surface area contributed by atoms with Crippen molar-refractivity contribution >= 4 is 19.7 Å². The van der Waals surface area contributed by atoms with Crippen LogP contribution in [0, 0.1) is 0 Å². The quantitative estimate of drug-likeness (QED) is 0.0212. The van der Waals surface area contributed by atoms with Gasteiger partial charge in [-0.15, -0.1) is 0 Å². The topological polar surface area (TPSA) is 114 Å².